The number of ether oxygens (including phenoxy) is 3. The molecule has 0 spiro atoms. The summed E-state index contributed by atoms with van der Waals surface area (Å²) in [7, 11) is 0. The molecule has 0 atom stereocenters. The normalized spacial score (nSPS) is 13.9. The highest BCUT2D eigenvalue weighted by molar-refractivity contribution is 6.29. The van der Waals surface area contributed by atoms with Gasteiger partial charge in [-0.2, -0.15) is 0 Å². The van der Waals surface area contributed by atoms with E-state index in [-0.39, 0.29) is 46.4 Å². The van der Waals surface area contributed by atoms with Crippen molar-refractivity contribution in [1.82, 2.24) is 4.98 Å². The zero-order valence-electron chi connectivity index (χ0n) is 14.5. The number of nitrogens with zero attached hydrogens (tertiary/aromatic N) is 1. The summed E-state index contributed by atoms with van der Waals surface area (Å²) in [5.41, 5.74) is -0.0934. The standard InChI is InChI=1S/C20H11NO7/c1-9-14(20(24)28-10-4-5-12-13(7-10)26-8-25-12)15-18(23)16-11(3-2-6-21-16)17(22)19(15)27-9/h2-7H,8H2,1H3. The van der Waals surface area contributed by atoms with Crippen molar-refractivity contribution in [2.75, 3.05) is 6.79 Å². The third kappa shape index (κ3) is 2.24. The average Bonchev–Trinajstić information content (AvgIpc) is 3.30. The molecule has 2 aliphatic rings. The number of pyridine rings is 1. The first-order valence-corrected chi connectivity index (χ1v) is 8.34. The molecule has 138 valence electrons. The molecule has 0 unspecified atom stereocenters. The lowest BCUT2D eigenvalue weighted by molar-refractivity contribution is 0.0728. The lowest BCUT2D eigenvalue weighted by Crippen LogP contribution is -2.23. The maximum absolute atomic E-state index is 12.9. The van der Waals surface area contributed by atoms with Crippen molar-refractivity contribution in [3.05, 3.63) is 70.4 Å². The highest BCUT2D eigenvalue weighted by Crippen LogP contribution is 2.36. The van der Waals surface area contributed by atoms with Gasteiger partial charge in [-0.05, 0) is 31.2 Å². The van der Waals surface area contributed by atoms with Crippen molar-refractivity contribution < 1.29 is 33.0 Å². The zero-order chi connectivity index (χ0) is 19.4. The first-order valence-electron chi connectivity index (χ1n) is 8.34. The van der Waals surface area contributed by atoms with E-state index in [9.17, 15) is 14.4 Å². The van der Waals surface area contributed by atoms with Gasteiger partial charge in [0.25, 0.3) is 0 Å². The van der Waals surface area contributed by atoms with Crippen LogP contribution in [-0.4, -0.2) is 29.3 Å². The second-order valence-corrected chi connectivity index (χ2v) is 6.20. The number of hydrogen-bond acceptors (Lipinski definition) is 8. The van der Waals surface area contributed by atoms with Crippen LogP contribution >= 0.6 is 0 Å². The van der Waals surface area contributed by atoms with Gasteiger partial charge in [0.2, 0.25) is 18.4 Å². The van der Waals surface area contributed by atoms with Gasteiger partial charge in [0.15, 0.2) is 17.3 Å². The lowest BCUT2D eigenvalue weighted by Gasteiger charge is -2.12. The summed E-state index contributed by atoms with van der Waals surface area (Å²) in [6.45, 7) is 1.58. The van der Waals surface area contributed by atoms with Crippen LogP contribution in [0.2, 0.25) is 0 Å². The Bertz CT molecular complexity index is 1190. The van der Waals surface area contributed by atoms with Crippen molar-refractivity contribution in [2.45, 2.75) is 6.92 Å². The molecule has 2 aromatic heterocycles. The smallest absolute Gasteiger partial charge is 0.347 e. The quantitative estimate of drug-likeness (QED) is 0.388. The van der Waals surface area contributed by atoms with Crippen LogP contribution in [0.5, 0.6) is 17.2 Å². The Morgan fingerprint density at radius 2 is 1.93 bits per heavy atom. The van der Waals surface area contributed by atoms with Gasteiger partial charge >= 0.3 is 5.97 Å². The molecular formula is C20H11NO7. The molecular weight excluding hydrogens is 366 g/mol. The van der Waals surface area contributed by atoms with E-state index in [1.54, 1.807) is 12.1 Å². The monoisotopic (exact) mass is 377 g/mol. The van der Waals surface area contributed by atoms with E-state index in [1.165, 1.54) is 31.3 Å². The van der Waals surface area contributed by atoms with Crippen LogP contribution in [0.1, 0.15) is 48.3 Å². The van der Waals surface area contributed by atoms with Crippen molar-refractivity contribution in [3.8, 4) is 17.2 Å². The number of esters is 1. The van der Waals surface area contributed by atoms with Gasteiger partial charge in [0.1, 0.15) is 22.8 Å². The topological polar surface area (TPSA) is 105 Å². The number of carbonyl (C=O) groups is 3. The van der Waals surface area contributed by atoms with Gasteiger partial charge in [0, 0.05) is 12.3 Å². The Balaban J connectivity index is 1.55. The maximum atomic E-state index is 12.9. The first kappa shape index (κ1) is 16.2. The van der Waals surface area contributed by atoms with E-state index in [4.69, 9.17) is 18.6 Å². The van der Waals surface area contributed by atoms with E-state index in [0.29, 0.717) is 11.5 Å². The highest BCUT2D eigenvalue weighted by Gasteiger charge is 2.40. The van der Waals surface area contributed by atoms with Gasteiger partial charge in [-0.25, -0.2) is 4.79 Å². The summed E-state index contributed by atoms with van der Waals surface area (Å²) in [5, 5.41) is 0. The number of carbonyl (C=O) groups excluding carboxylic acids is 3. The Hall–Kier alpha value is -3.94. The number of ketones is 2. The number of rotatable bonds is 2. The molecule has 1 aromatic carbocycles. The fourth-order valence-corrected chi connectivity index (χ4v) is 3.28. The van der Waals surface area contributed by atoms with E-state index >= 15 is 0 Å². The number of benzene rings is 1. The van der Waals surface area contributed by atoms with Crippen LogP contribution < -0.4 is 14.2 Å². The van der Waals surface area contributed by atoms with Crippen LogP contribution in [0.4, 0.5) is 0 Å². The van der Waals surface area contributed by atoms with E-state index in [1.807, 2.05) is 0 Å². The number of hydrogen-bond donors (Lipinski definition) is 0. The number of aromatic nitrogens is 1. The summed E-state index contributed by atoms with van der Waals surface area (Å²) in [5.74, 6) is -0.743. The molecule has 1 aliphatic carbocycles. The summed E-state index contributed by atoms with van der Waals surface area (Å²) >= 11 is 0. The minimum atomic E-state index is -0.818. The highest BCUT2D eigenvalue weighted by atomic mass is 16.7. The Morgan fingerprint density at radius 3 is 2.79 bits per heavy atom. The van der Waals surface area contributed by atoms with Gasteiger partial charge in [-0.3, -0.25) is 14.6 Å². The second kappa shape index (κ2) is 5.78. The van der Waals surface area contributed by atoms with Crippen molar-refractivity contribution in [3.63, 3.8) is 0 Å². The first-order chi connectivity index (χ1) is 13.5. The molecule has 0 bridgehead atoms. The molecule has 1 aliphatic heterocycles. The Kier molecular flexibility index (Phi) is 3.35. The molecule has 0 saturated carbocycles. The van der Waals surface area contributed by atoms with Crippen LogP contribution in [0.3, 0.4) is 0 Å². The molecule has 0 radical (unpaired) electrons. The molecule has 8 heteroatoms. The molecule has 0 amide bonds. The molecule has 0 saturated heterocycles. The van der Waals surface area contributed by atoms with Crippen molar-refractivity contribution in [1.29, 1.82) is 0 Å². The molecule has 0 fully saturated rings. The van der Waals surface area contributed by atoms with Gasteiger partial charge in [-0.1, -0.05) is 0 Å². The minimum Gasteiger partial charge on any atom is -0.456 e. The van der Waals surface area contributed by atoms with Gasteiger partial charge in [-0.15, -0.1) is 0 Å². The van der Waals surface area contributed by atoms with Gasteiger partial charge in [0.05, 0.1) is 11.1 Å². The zero-order valence-corrected chi connectivity index (χ0v) is 14.5. The SMILES string of the molecule is Cc1oc2c(c1C(=O)Oc1ccc3c(c1)OCO3)C(=O)c1ncccc1C2=O. The average molecular weight is 377 g/mol. The Morgan fingerprint density at radius 1 is 1.11 bits per heavy atom. The van der Waals surface area contributed by atoms with Crippen LogP contribution in [0.25, 0.3) is 0 Å². The minimum absolute atomic E-state index is 0.0158. The van der Waals surface area contributed by atoms with Crippen molar-refractivity contribution >= 4 is 17.5 Å². The molecule has 8 nitrogen and oxygen atoms in total. The Labute approximate surface area is 157 Å². The van der Waals surface area contributed by atoms with E-state index in [2.05, 4.69) is 4.98 Å². The molecule has 5 rings (SSSR count). The van der Waals surface area contributed by atoms with Gasteiger partial charge < -0.3 is 18.6 Å². The lowest BCUT2D eigenvalue weighted by atomic mass is 9.90. The second-order valence-electron chi connectivity index (χ2n) is 6.20. The summed E-state index contributed by atoms with van der Waals surface area (Å²) < 4.78 is 21.3. The molecule has 3 aromatic rings. The number of aryl methyl sites for hydroxylation is 1. The van der Waals surface area contributed by atoms with E-state index in [0.717, 1.165) is 0 Å². The van der Waals surface area contributed by atoms with Crippen molar-refractivity contribution in [2.24, 2.45) is 0 Å². The third-order valence-corrected chi connectivity index (χ3v) is 4.54. The predicted octanol–water partition coefficient (Wildman–Crippen LogP) is 2.71. The summed E-state index contributed by atoms with van der Waals surface area (Å²) in [4.78, 5) is 42.3. The van der Waals surface area contributed by atoms with Crippen LogP contribution in [0, 0.1) is 6.92 Å². The predicted molar refractivity (Wildman–Crippen MR) is 92.1 cm³/mol. The summed E-state index contributed by atoms with van der Waals surface area (Å²) in [6, 6.07) is 7.70. The number of fused-ring (bicyclic) bond motifs is 3. The fraction of sp³-hybridized carbons (Fsp3) is 0.100. The van der Waals surface area contributed by atoms with Crippen LogP contribution in [0.15, 0.2) is 40.9 Å². The maximum Gasteiger partial charge on any atom is 0.347 e. The fourth-order valence-electron chi connectivity index (χ4n) is 3.28. The largest absolute Gasteiger partial charge is 0.456 e. The van der Waals surface area contributed by atoms with E-state index < -0.39 is 17.5 Å². The molecule has 3 heterocycles. The van der Waals surface area contributed by atoms with Crippen LogP contribution in [-0.2, 0) is 0 Å². The summed E-state index contributed by atoms with van der Waals surface area (Å²) in [6.07, 6.45) is 1.41. The molecule has 0 N–H and O–H groups in total. The number of furan rings is 1. The third-order valence-electron chi connectivity index (χ3n) is 4.54. The molecule has 28 heavy (non-hydrogen) atoms.